The van der Waals surface area contributed by atoms with E-state index in [-0.39, 0.29) is 0 Å². The van der Waals surface area contributed by atoms with Crippen LogP contribution in [0.2, 0.25) is 0 Å². The lowest BCUT2D eigenvalue weighted by Crippen LogP contribution is -2.46. The first kappa shape index (κ1) is 16.8. The van der Waals surface area contributed by atoms with Crippen LogP contribution in [0, 0.1) is 17.1 Å². The van der Waals surface area contributed by atoms with Crippen LogP contribution in [-0.4, -0.2) is 23.8 Å². The number of nitrogens with zero attached hydrogens (tertiary/aromatic N) is 1. The molecule has 0 aliphatic rings. The zero-order valence-electron chi connectivity index (χ0n) is 12.6. The van der Waals surface area contributed by atoms with E-state index in [0.717, 1.165) is 0 Å². The van der Waals surface area contributed by atoms with E-state index >= 15 is 0 Å². The molecule has 0 aliphatic heterocycles. The van der Waals surface area contributed by atoms with E-state index in [2.05, 4.69) is 10.6 Å². The molecular formula is C15H20FN3O2. The lowest BCUT2D eigenvalue weighted by Gasteiger charge is -2.24. The second-order valence-electron chi connectivity index (χ2n) is 5.70. The van der Waals surface area contributed by atoms with Crippen LogP contribution in [0.15, 0.2) is 24.3 Å². The van der Waals surface area contributed by atoms with E-state index in [4.69, 9.17) is 4.74 Å². The van der Waals surface area contributed by atoms with Crippen molar-refractivity contribution in [2.24, 2.45) is 0 Å². The summed E-state index contributed by atoms with van der Waals surface area (Å²) < 4.78 is 18.2. The highest BCUT2D eigenvalue weighted by Crippen LogP contribution is 2.12. The molecule has 0 aliphatic carbocycles. The van der Waals surface area contributed by atoms with E-state index in [1.165, 1.54) is 18.2 Å². The average molecular weight is 293 g/mol. The van der Waals surface area contributed by atoms with Gasteiger partial charge in [-0.15, -0.1) is 0 Å². The van der Waals surface area contributed by atoms with Gasteiger partial charge in [0.05, 0.1) is 12.1 Å². The monoisotopic (exact) mass is 293 g/mol. The largest absolute Gasteiger partial charge is 0.444 e. The Balaban J connectivity index is 2.64. The summed E-state index contributed by atoms with van der Waals surface area (Å²) in [7, 11) is 0. The maximum absolute atomic E-state index is 13.1. The zero-order valence-corrected chi connectivity index (χ0v) is 12.6. The summed E-state index contributed by atoms with van der Waals surface area (Å²) in [6, 6.07) is 6.60. The minimum Gasteiger partial charge on any atom is -0.444 e. The van der Waals surface area contributed by atoms with Gasteiger partial charge in [0.15, 0.2) is 0 Å². The minimum absolute atomic E-state index is 0.399. The Labute approximate surface area is 124 Å². The molecular weight excluding hydrogens is 273 g/mol. The highest BCUT2D eigenvalue weighted by atomic mass is 19.1. The first-order chi connectivity index (χ1) is 9.71. The molecule has 1 aromatic rings. The van der Waals surface area contributed by atoms with Crippen molar-refractivity contribution in [3.05, 3.63) is 30.1 Å². The summed E-state index contributed by atoms with van der Waals surface area (Å²) in [4.78, 5) is 11.7. The van der Waals surface area contributed by atoms with Gasteiger partial charge in [0, 0.05) is 5.69 Å². The smallest absolute Gasteiger partial charge is 0.407 e. The van der Waals surface area contributed by atoms with Crippen LogP contribution in [0.4, 0.5) is 14.9 Å². The number of carbonyl (C=O) groups excluding carboxylic acids is 1. The van der Waals surface area contributed by atoms with Gasteiger partial charge in [-0.05, 0) is 45.9 Å². The molecule has 114 valence electrons. The van der Waals surface area contributed by atoms with Crippen LogP contribution in [0.5, 0.6) is 0 Å². The molecule has 0 fully saturated rings. The number of ether oxygens (including phenoxy) is 1. The number of hydrogen-bond donors (Lipinski definition) is 2. The number of alkyl carbamates (subject to hydrolysis) is 1. The van der Waals surface area contributed by atoms with Crippen LogP contribution < -0.4 is 10.6 Å². The predicted molar refractivity (Wildman–Crippen MR) is 78.3 cm³/mol. The highest BCUT2D eigenvalue weighted by molar-refractivity contribution is 5.68. The molecule has 1 rings (SSSR count). The summed E-state index contributed by atoms with van der Waals surface area (Å²) in [5, 5.41) is 14.6. The Hall–Kier alpha value is -2.29. The van der Waals surface area contributed by atoms with Crippen molar-refractivity contribution in [1.82, 2.24) is 5.32 Å². The number of anilines is 1. The fraction of sp³-hybridized carbons (Fsp3) is 0.467. The quantitative estimate of drug-likeness (QED) is 0.894. The van der Waals surface area contributed by atoms with Gasteiger partial charge in [0.25, 0.3) is 0 Å². The topological polar surface area (TPSA) is 74.1 Å². The summed E-state index contributed by atoms with van der Waals surface area (Å²) in [5.74, 6) is -0.399. The lowest BCUT2D eigenvalue weighted by molar-refractivity contribution is 0.0507. The molecule has 1 aromatic carbocycles. The lowest BCUT2D eigenvalue weighted by atomic mass is 10.1. The molecule has 1 amide bonds. The number of nitrogens with one attached hydrogen (secondary N) is 2. The standard InChI is InChI=1S/C15H20FN3O2/c1-10(18-14(20)21-15(2,3)4)13(9-17)19-12-7-5-6-11(16)8-12/h5-8,10,13,19H,1-4H3,(H,18,20). The van der Waals surface area contributed by atoms with E-state index in [1.54, 1.807) is 33.8 Å². The van der Waals surface area contributed by atoms with E-state index in [0.29, 0.717) is 5.69 Å². The van der Waals surface area contributed by atoms with Crippen molar-refractivity contribution in [3.63, 3.8) is 0 Å². The van der Waals surface area contributed by atoms with E-state index in [9.17, 15) is 14.4 Å². The zero-order chi connectivity index (χ0) is 16.0. The predicted octanol–water partition coefficient (Wildman–Crippen LogP) is 3.04. The Bertz CT molecular complexity index is 534. The number of hydrogen-bond acceptors (Lipinski definition) is 4. The highest BCUT2D eigenvalue weighted by Gasteiger charge is 2.22. The van der Waals surface area contributed by atoms with Crippen molar-refractivity contribution < 1.29 is 13.9 Å². The van der Waals surface area contributed by atoms with Gasteiger partial charge in [-0.3, -0.25) is 0 Å². The Kier molecular flexibility index (Phi) is 5.53. The third-order valence-electron chi connectivity index (χ3n) is 2.53. The molecule has 21 heavy (non-hydrogen) atoms. The summed E-state index contributed by atoms with van der Waals surface area (Å²) in [6.07, 6.45) is -0.601. The SMILES string of the molecule is CC(NC(=O)OC(C)(C)C)C(C#N)Nc1cccc(F)c1. The fourth-order valence-corrected chi connectivity index (χ4v) is 1.60. The number of benzene rings is 1. The molecule has 5 nitrogen and oxygen atoms in total. The summed E-state index contributed by atoms with van der Waals surface area (Å²) >= 11 is 0. The van der Waals surface area contributed by atoms with Crippen molar-refractivity contribution in [1.29, 1.82) is 5.26 Å². The van der Waals surface area contributed by atoms with Crippen LogP contribution in [-0.2, 0) is 4.74 Å². The van der Waals surface area contributed by atoms with Crippen molar-refractivity contribution in [2.45, 2.75) is 45.4 Å². The van der Waals surface area contributed by atoms with Crippen LogP contribution in [0.1, 0.15) is 27.7 Å². The molecule has 2 N–H and O–H groups in total. The Morgan fingerprint density at radius 1 is 1.43 bits per heavy atom. The van der Waals surface area contributed by atoms with Gasteiger partial charge >= 0.3 is 6.09 Å². The minimum atomic E-state index is -0.709. The first-order valence-electron chi connectivity index (χ1n) is 6.62. The van der Waals surface area contributed by atoms with Crippen molar-refractivity contribution in [2.75, 3.05) is 5.32 Å². The second kappa shape index (κ2) is 6.93. The second-order valence-corrected chi connectivity index (χ2v) is 5.70. The van der Waals surface area contributed by atoms with Gasteiger partial charge in [0.2, 0.25) is 0 Å². The van der Waals surface area contributed by atoms with Crippen LogP contribution in [0.25, 0.3) is 0 Å². The molecule has 0 heterocycles. The maximum atomic E-state index is 13.1. The number of amides is 1. The third kappa shape index (κ3) is 6.13. The summed E-state index contributed by atoms with van der Waals surface area (Å²) in [6.45, 7) is 6.93. The van der Waals surface area contributed by atoms with E-state index < -0.39 is 29.6 Å². The van der Waals surface area contributed by atoms with Gasteiger partial charge in [-0.2, -0.15) is 5.26 Å². The third-order valence-corrected chi connectivity index (χ3v) is 2.53. The molecule has 2 unspecified atom stereocenters. The first-order valence-corrected chi connectivity index (χ1v) is 6.62. The molecule has 0 spiro atoms. The number of halogens is 1. The van der Waals surface area contributed by atoms with Gasteiger partial charge in [-0.1, -0.05) is 6.07 Å². The normalized spacial score (nSPS) is 13.7. The number of carbonyl (C=O) groups is 1. The average Bonchev–Trinajstić information content (AvgIpc) is 2.33. The van der Waals surface area contributed by atoms with Crippen molar-refractivity contribution in [3.8, 4) is 6.07 Å². The van der Waals surface area contributed by atoms with Crippen LogP contribution in [0.3, 0.4) is 0 Å². The van der Waals surface area contributed by atoms with Gasteiger partial charge in [-0.25, -0.2) is 9.18 Å². The maximum Gasteiger partial charge on any atom is 0.407 e. The van der Waals surface area contributed by atoms with E-state index in [1.807, 2.05) is 6.07 Å². The Morgan fingerprint density at radius 2 is 2.10 bits per heavy atom. The molecule has 2 atom stereocenters. The molecule has 0 aromatic heterocycles. The van der Waals surface area contributed by atoms with Gasteiger partial charge in [0.1, 0.15) is 17.5 Å². The fourth-order valence-electron chi connectivity index (χ4n) is 1.60. The van der Waals surface area contributed by atoms with Crippen molar-refractivity contribution >= 4 is 11.8 Å². The molecule has 0 saturated heterocycles. The Morgan fingerprint density at radius 3 is 2.62 bits per heavy atom. The number of nitriles is 1. The molecule has 6 heteroatoms. The molecule has 0 radical (unpaired) electrons. The molecule has 0 saturated carbocycles. The molecule has 0 bridgehead atoms. The van der Waals surface area contributed by atoms with Crippen LogP contribution >= 0.6 is 0 Å². The summed E-state index contributed by atoms with van der Waals surface area (Å²) in [5.41, 5.74) is -0.138. The number of rotatable bonds is 4. The van der Waals surface area contributed by atoms with Gasteiger partial charge < -0.3 is 15.4 Å².